The van der Waals surface area contributed by atoms with Crippen LogP contribution in [0.4, 0.5) is 0 Å². The molecule has 30 heavy (non-hydrogen) atoms. The van der Waals surface area contributed by atoms with E-state index < -0.39 is 0 Å². The van der Waals surface area contributed by atoms with Crippen LogP contribution in [0.5, 0.6) is 0 Å². The van der Waals surface area contributed by atoms with Crippen LogP contribution < -0.4 is 5.32 Å². The molecule has 4 rings (SSSR count). The molecule has 1 aliphatic carbocycles. The summed E-state index contributed by atoms with van der Waals surface area (Å²) in [5.74, 6) is 2.27. The van der Waals surface area contributed by atoms with Crippen LogP contribution in [-0.2, 0) is 11.3 Å². The van der Waals surface area contributed by atoms with Crippen molar-refractivity contribution in [1.29, 1.82) is 0 Å². The van der Waals surface area contributed by atoms with Gasteiger partial charge in [-0.15, -0.1) is 0 Å². The number of nitrogens with zero attached hydrogens (tertiary/aromatic N) is 1. The van der Waals surface area contributed by atoms with Crippen molar-refractivity contribution >= 4 is 17.9 Å². The Bertz CT molecular complexity index is 815. The Labute approximate surface area is 185 Å². The van der Waals surface area contributed by atoms with E-state index in [1.54, 1.807) is 0 Å². The number of unbranched alkanes of at least 4 members (excludes halogenated alkanes) is 1. The minimum absolute atomic E-state index is 0.495. The Balaban J connectivity index is 1.51. The first kappa shape index (κ1) is 21.4. The van der Waals surface area contributed by atoms with Crippen molar-refractivity contribution in [1.82, 2.24) is 10.2 Å². The highest BCUT2D eigenvalue weighted by atomic mass is 35.5. The van der Waals surface area contributed by atoms with Gasteiger partial charge < -0.3 is 10.1 Å². The summed E-state index contributed by atoms with van der Waals surface area (Å²) in [6.45, 7) is 4.12. The van der Waals surface area contributed by atoms with Crippen LogP contribution in [0.25, 0.3) is 0 Å². The summed E-state index contributed by atoms with van der Waals surface area (Å²) >= 11 is 6.44. The predicted octanol–water partition coefficient (Wildman–Crippen LogP) is 5.38. The van der Waals surface area contributed by atoms with Crippen LogP contribution in [-0.4, -0.2) is 30.8 Å². The van der Waals surface area contributed by atoms with E-state index in [0.29, 0.717) is 30.1 Å². The smallest absolute Gasteiger partial charge is 0.119 e. The molecule has 0 aromatic heterocycles. The molecule has 1 saturated heterocycles. The van der Waals surface area contributed by atoms with Gasteiger partial charge in [0.05, 0.1) is 0 Å². The highest BCUT2D eigenvalue weighted by Gasteiger charge is 2.33. The highest BCUT2D eigenvalue weighted by molar-refractivity contribution is 6.31. The molecule has 1 aromatic carbocycles. The normalized spacial score (nSPS) is 28.9. The Morgan fingerprint density at radius 2 is 2.10 bits per heavy atom. The van der Waals surface area contributed by atoms with Crippen LogP contribution in [0.15, 0.2) is 60.3 Å². The number of aldehydes is 1. The van der Waals surface area contributed by atoms with Crippen LogP contribution in [0, 0.1) is 23.7 Å². The quantitative estimate of drug-likeness (QED) is 0.471. The Morgan fingerprint density at radius 3 is 2.97 bits per heavy atom. The summed E-state index contributed by atoms with van der Waals surface area (Å²) in [4.78, 5) is 13.4. The molecule has 2 aliphatic heterocycles. The lowest BCUT2D eigenvalue weighted by Crippen LogP contribution is -2.41. The Hall–Kier alpha value is -1.84. The second-order valence-electron chi connectivity index (χ2n) is 8.95. The number of hydrogen-bond donors (Lipinski definition) is 1. The fourth-order valence-corrected chi connectivity index (χ4v) is 5.47. The maximum atomic E-state index is 10.9. The molecule has 3 nitrogen and oxygen atoms in total. The van der Waals surface area contributed by atoms with Gasteiger partial charge in [0.2, 0.25) is 0 Å². The molecule has 2 heterocycles. The molecule has 0 spiro atoms. The minimum Gasteiger partial charge on any atom is -0.391 e. The average Bonchev–Trinajstić information content (AvgIpc) is 3.01. The molecule has 4 heteroatoms. The minimum atomic E-state index is 0.495. The summed E-state index contributed by atoms with van der Waals surface area (Å²) in [7, 11) is 0. The van der Waals surface area contributed by atoms with E-state index in [2.05, 4.69) is 52.9 Å². The van der Waals surface area contributed by atoms with E-state index in [1.807, 2.05) is 12.1 Å². The zero-order valence-electron chi connectivity index (χ0n) is 17.7. The maximum Gasteiger partial charge on any atom is 0.119 e. The lowest BCUT2D eigenvalue weighted by molar-refractivity contribution is -0.108. The van der Waals surface area contributed by atoms with Crippen LogP contribution in [0.2, 0.25) is 5.02 Å². The van der Waals surface area contributed by atoms with Gasteiger partial charge in [0.25, 0.3) is 0 Å². The van der Waals surface area contributed by atoms with Gasteiger partial charge >= 0.3 is 0 Å². The number of rotatable bonds is 7. The van der Waals surface area contributed by atoms with Gasteiger partial charge in [-0.25, -0.2) is 0 Å². The summed E-state index contributed by atoms with van der Waals surface area (Å²) in [5.41, 5.74) is 2.70. The average molecular weight is 425 g/mol. The number of allylic oxidation sites excluding steroid dienone is 4. The van der Waals surface area contributed by atoms with Crippen LogP contribution in [0.1, 0.15) is 37.7 Å². The molecule has 4 atom stereocenters. The van der Waals surface area contributed by atoms with E-state index in [9.17, 15) is 4.79 Å². The number of halogens is 1. The van der Waals surface area contributed by atoms with E-state index >= 15 is 0 Å². The maximum absolute atomic E-state index is 10.9. The van der Waals surface area contributed by atoms with Gasteiger partial charge in [-0.3, -0.25) is 4.90 Å². The third kappa shape index (κ3) is 5.25. The molecule has 160 valence electrons. The monoisotopic (exact) mass is 424 g/mol. The number of nitrogens with one attached hydrogen (secondary N) is 1. The Kier molecular flexibility index (Phi) is 7.46. The summed E-state index contributed by atoms with van der Waals surface area (Å²) < 4.78 is 0. The lowest BCUT2D eigenvalue weighted by atomic mass is 9.73. The number of likely N-dealkylation sites (tertiary alicyclic amines) is 1. The topological polar surface area (TPSA) is 32.3 Å². The van der Waals surface area contributed by atoms with E-state index in [-0.39, 0.29) is 0 Å². The van der Waals surface area contributed by atoms with Crippen molar-refractivity contribution in [3.8, 4) is 0 Å². The molecule has 0 saturated carbocycles. The Morgan fingerprint density at radius 1 is 1.20 bits per heavy atom. The van der Waals surface area contributed by atoms with Crippen molar-refractivity contribution in [3.63, 3.8) is 0 Å². The van der Waals surface area contributed by atoms with E-state index in [1.165, 1.54) is 24.0 Å². The summed E-state index contributed by atoms with van der Waals surface area (Å²) in [6.07, 6.45) is 18.1. The third-order valence-electron chi connectivity index (χ3n) is 6.99. The highest BCUT2D eigenvalue weighted by Crippen LogP contribution is 2.38. The standard InChI is InChI=1S/C26H33ClN2O/c27-26-7-2-1-6-24(26)18-29-15-12-21(5-3-4-16-30)25(19-29)23-9-8-20-10-13-28-14-11-22(20)17-23/h1-2,6-9,11,14,16-17,20-22,25,28H,3-5,10,12-13,15,18-19H2. The second-order valence-corrected chi connectivity index (χ2v) is 9.36. The van der Waals surface area contributed by atoms with Crippen molar-refractivity contribution in [3.05, 3.63) is 70.9 Å². The predicted molar refractivity (Wildman–Crippen MR) is 124 cm³/mol. The second kappa shape index (κ2) is 10.5. The van der Waals surface area contributed by atoms with Crippen molar-refractivity contribution in [2.45, 2.75) is 38.6 Å². The first-order chi connectivity index (χ1) is 14.7. The fraction of sp³-hybridized carbons (Fsp3) is 0.500. The first-order valence-electron chi connectivity index (χ1n) is 11.4. The number of carbonyl (C=O) groups is 1. The molecule has 0 amide bonds. The molecule has 4 unspecified atom stereocenters. The summed E-state index contributed by atoms with van der Waals surface area (Å²) in [6, 6.07) is 8.20. The van der Waals surface area contributed by atoms with Gasteiger partial charge in [-0.2, -0.15) is 0 Å². The van der Waals surface area contributed by atoms with Gasteiger partial charge in [-0.1, -0.05) is 54.1 Å². The summed E-state index contributed by atoms with van der Waals surface area (Å²) in [5, 5.41) is 4.24. The molecule has 1 N–H and O–H groups in total. The molecule has 0 bridgehead atoms. The van der Waals surface area contributed by atoms with Crippen molar-refractivity contribution in [2.24, 2.45) is 23.7 Å². The lowest BCUT2D eigenvalue weighted by Gasteiger charge is -2.41. The van der Waals surface area contributed by atoms with Crippen LogP contribution in [0.3, 0.4) is 0 Å². The van der Waals surface area contributed by atoms with Crippen molar-refractivity contribution < 1.29 is 4.79 Å². The van der Waals surface area contributed by atoms with Gasteiger partial charge in [0.1, 0.15) is 6.29 Å². The number of benzene rings is 1. The van der Waals surface area contributed by atoms with Crippen molar-refractivity contribution in [2.75, 3.05) is 19.6 Å². The third-order valence-corrected chi connectivity index (χ3v) is 7.36. The van der Waals surface area contributed by atoms with Crippen LogP contribution >= 0.6 is 11.6 Å². The SMILES string of the molecule is O=CCCCC1CCN(Cc2ccccc2Cl)CC1C1=CC2C=CNCCC2C=C1. The number of fused-ring (bicyclic) bond motifs is 1. The van der Waals surface area contributed by atoms with E-state index in [4.69, 9.17) is 11.6 Å². The molecule has 1 aromatic rings. The van der Waals surface area contributed by atoms with Gasteiger partial charge in [0, 0.05) is 37.0 Å². The van der Waals surface area contributed by atoms with E-state index in [0.717, 1.165) is 50.3 Å². The number of hydrogen-bond acceptors (Lipinski definition) is 3. The zero-order valence-corrected chi connectivity index (χ0v) is 18.4. The zero-order chi connectivity index (χ0) is 20.8. The molecule has 3 aliphatic rings. The fourth-order valence-electron chi connectivity index (χ4n) is 5.28. The molecule has 1 fully saturated rings. The van der Waals surface area contributed by atoms with Gasteiger partial charge in [-0.05, 0) is 73.4 Å². The number of carbonyl (C=O) groups excluding carboxylic acids is 1. The molecule has 0 radical (unpaired) electrons. The first-order valence-corrected chi connectivity index (χ1v) is 11.8. The largest absolute Gasteiger partial charge is 0.391 e. The molecular weight excluding hydrogens is 392 g/mol. The van der Waals surface area contributed by atoms with Gasteiger partial charge in [0.15, 0.2) is 0 Å². The molecular formula is C26H33ClN2O. The number of piperidine rings is 1.